The molecule has 2 aliphatic heterocycles. The molecule has 14 nitrogen and oxygen atoms in total. The molecule has 0 amide bonds. The van der Waals surface area contributed by atoms with Crippen molar-refractivity contribution in [3.63, 3.8) is 0 Å². The zero-order chi connectivity index (χ0) is 32.4. The van der Waals surface area contributed by atoms with Crippen molar-refractivity contribution in [2.75, 3.05) is 51.5 Å². The molecule has 1 aromatic heterocycles. The van der Waals surface area contributed by atoms with Crippen LogP contribution in [0.3, 0.4) is 0 Å². The van der Waals surface area contributed by atoms with E-state index in [1.807, 2.05) is 13.0 Å². The van der Waals surface area contributed by atoms with E-state index in [1.165, 1.54) is 16.8 Å². The quantitative estimate of drug-likeness (QED) is 0.270. The SMILES string of the molecule is CCOc1cc(CN2CCc3c(nc(C(C)C)nc3N3CCOCC3)C2)ccc1OC.O=C(O)CC(O)(CC(=O)O)C(=O)O. The molecule has 1 aromatic carbocycles. The van der Waals surface area contributed by atoms with Gasteiger partial charge in [-0.05, 0) is 31.0 Å². The second-order valence-electron chi connectivity index (χ2n) is 10.9. The van der Waals surface area contributed by atoms with Crippen molar-refractivity contribution in [3.05, 3.63) is 40.8 Å². The van der Waals surface area contributed by atoms with E-state index in [0.29, 0.717) is 12.5 Å². The molecule has 4 rings (SSSR count). The minimum Gasteiger partial charge on any atom is -0.493 e. The van der Waals surface area contributed by atoms with E-state index >= 15 is 0 Å². The number of aliphatic hydroxyl groups is 1. The third-order valence-corrected chi connectivity index (χ3v) is 7.19. The first-order valence-electron chi connectivity index (χ1n) is 14.5. The number of ether oxygens (including phenoxy) is 3. The van der Waals surface area contributed by atoms with Gasteiger partial charge in [-0.2, -0.15) is 0 Å². The van der Waals surface area contributed by atoms with Crippen LogP contribution >= 0.6 is 0 Å². The number of carbonyl (C=O) groups is 3. The normalized spacial score (nSPS) is 15.2. The van der Waals surface area contributed by atoms with Crippen molar-refractivity contribution < 1.29 is 49.0 Å². The minimum atomic E-state index is -2.74. The highest BCUT2D eigenvalue weighted by atomic mass is 16.5. The van der Waals surface area contributed by atoms with Gasteiger partial charge in [0.05, 0.1) is 45.5 Å². The Balaban J connectivity index is 0.000000345. The number of carboxylic acid groups (broad SMARTS) is 3. The Morgan fingerprint density at radius 3 is 2.23 bits per heavy atom. The number of methoxy groups -OCH3 is 1. The summed E-state index contributed by atoms with van der Waals surface area (Å²) in [6.45, 7) is 13.0. The molecule has 3 heterocycles. The van der Waals surface area contributed by atoms with Crippen molar-refractivity contribution in [3.8, 4) is 11.5 Å². The maximum atomic E-state index is 10.3. The van der Waals surface area contributed by atoms with E-state index in [1.54, 1.807) is 7.11 Å². The Morgan fingerprint density at radius 2 is 1.68 bits per heavy atom. The van der Waals surface area contributed by atoms with E-state index < -0.39 is 36.4 Å². The number of fused-ring (bicyclic) bond motifs is 1. The van der Waals surface area contributed by atoms with Crippen LogP contribution in [0.5, 0.6) is 11.5 Å². The molecule has 0 spiro atoms. The van der Waals surface area contributed by atoms with Gasteiger partial charge in [0, 0.05) is 44.2 Å². The van der Waals surface area contributed by atoms with Gasteiger partial charge in [-0.25, -0.2) is 14.8 Å². The van der Waals surface area contributed by atoms with Crippen LogP contribution in [0.2, 0.25) is 0 Å². The maximum absolute atomic E-state index is 10.3. The lowest BCUT2D eigenvalue weighted by molar-refractivity contribution is -0.170. The molecular weight excluding hydrogens is 576 g/mol. The minimum absolute atomic E-state index is 0.302. The van der Waals surface area contributed by atoms with Gasteiger partial charge in [0.2, 0.25) is 0 Å². The Bertz CT molecular complexity index is 1300. The number of benzene rings is 1. The first-order chi connectivity index (χ1) is 20.9. The summed E-state index contributed by atoms with van der Waals surface area (Å²) in [6, 6.07) is 6.21. The van der Waals surface area contributed by atoms with Gasteiger partial charge in [0.15, 0.2) is 17.1 Å². The number of hydrogen-bond donors (Lipinski definition) is 4. The van der Waals surface area contributed by atoms with Crippen LogP contribution in [0.25, 0.3) is 0 Å². The lowest BCUT2D eigenvalue weighted by Crippen LogP contribution is -2.42. The summed E-state index contributed by atoms with van der Waals surface area (Å²) in [5.41, 5.74) is 0.967. The molecule has 1 saturated heterocycles. The van der Waals surface area contributed by atoms with Gasteiger partial charge >= 0.3 is 17.9 Å². The molecule has 2 aliphatic rings. The first-order valence-corrected chi connectivity index (χ1v) is 14.5. The zero-order valence-electron chi connectivity index (χ0n) is 25.6. The summed E-state index contributed by atoms with van der Waals surface area (Å²) in [5.74, 6) is -1.08. The molecule has 0 radical (unpaired) electrons. The molecule has 4 N–H and O–H groups in total. The topological polar surface area (TPSA) is 192 Å². The Morgan fingerprint density at radius 1 is 1.02 bits per heavy atom. The number of hydrogen-bond acceptors (Lipinski definition) is 11. The van der Waals surface area contributed by atoms with Gasteiger partial charge in [-0.15, -0.1) is 0 Å². The third kappa shape index (κ3) is 9.24. The molecule has 14 heteroatoms. The van der Waals surface area contributed by atoms with E-state index in [0.717, 1.165) is 75.5 Å². The molecule has 242 valence electrons. The summed E-state index contributed by atoms with van der Waals surface area (Å²) in [4.78, 5) is 45.3. The third-order valence-electron chi connectivity index (χ3n) is 7.19. The van der Waals surface area contributed by atoms with Crippen LogP contribution in [0, 0.1) is 0 Å². The fourth-order valence-corrected chi connectivity index (χ4v) is 4.97. The molecule has 0 atom stereocenters. The molecule has 44 heavy (non-hydrogen) atoms. The molecule has 0 saturated carbocycles. The Kier molecular flexibility index (Phi) is 12.3. The van der Waals surface area contributed by atoms with Crippen molar-refractivity contribution >= 4 is 23.7 Å². The number of aliphatic carboxylic acids is 3. The van der Waals surface area contributed by atoms with Crippen LogP contribution in [0.1, 0.15) is 62.2 Å². The highest BCUT2D eigenvalue weighted by molar-refractivity contribution is 5.88. The summed E-state index contributed by atoms with van der Waals surface area (Å²) in [5, 5.41) is 33.8. The van der Waals surface area contributed by atoms with E-state index in [9.17, 15) is 14.4 Å². The summed E-state index contributed by atoms with van der Waals surface area (Å²) >= 11 is 0. The van der Waals surface area contributed by atoms with Gasteiger partial charge in [-0.3, -0.25) is 14.5 Å². The van der Waals surface area contributed by atoms with Crippen molar-refractivity contribution in [1.82, 2.24) is 14.9 Å². The van der Waals surface area contributed by atoms with E-state index in [-0.39, 0.29) is 0 Å². The van der Waals surface area contributed by atoms with Gasteiger partial charge in [-0.1, -0.05) is 19.9 Å². The average Bonchev–Trinajstić information content (AvgIpc) is 2.96. The molecule has 0 aliphatic carbocycles. The van der Waals surface area contributed by atoms with Gasteiger partial charge in [0.1, 0.15) is 11.6 Å². The fourth-order valence-electron chi connectivity index (χ4n) is 4.97. The van der Waals surface area contributed by atoms with E-state index in [4.69, 9.17) is 44.6 Å². The lowest BCUT2D eigenvalue weighted by atomic mass is 9.96. The first kappa shape index (κ1) is 34.5. The predicted molar refractivity (Wildman–Crippen MR) is 158 cm³/mol. The number of morpholine rings is 1. The van der Waals surface area contributed by atoms with Crippen molar-refractivity contribution in [2.24, 2.45) is 0 Å². The zero-order valence-corrected chi connectivity index (χ0v) is 25.6. The molecular formula is C30H42N4O10. The Hall–Kier alpha value is -4.01. The number of carboxylic acids is 3. The van der Waals surface area contributed by atoms with Gasteiger partial charge < -0.3 is 39.5 Å². The van der Waals surface area contributed by atoms with Crippen LogP contribution < -0.4 is 14.4 Å². The molecule has 2 aromatic rings. The van der Waals surface area contributed by atoms with E-state index in [2.05, 4.69) is 35.8 Å². The summed E-state index contributed by atoms with van der Waals surface area (Å²) in [7, 11) is 1.68. The Labute approximate surface area is 256 Å². The average molecular weight is 619 g/mol. The highest BCUT2D eigenvalue weighted by Gasteiger charge is 2.40. The standard InChI is InChI=1S/C24H34N4O3.C6H8O7/c1-5-31-22-14-18(6-7-21(22)29-4)15-27-9-8-19-20(16-27)25-23(17(2)3)26-24(19)28-10-12-30-13-11-28;7-3(8)1-6(13,5(11)12)2-4(9)10/h6-7,14,17H,5,8-13,15-16H2,1-4H3;13H,1-2H2,(H,7,8)(H,9,10)(H,11,12). The molecule has 0 bridgehead atoms. The van der Waals surface area contributed by atoms with Crippen molar-refractivity contribution in [2.45, 2.75) is 64.6 Å². The fraction of sp³-hybridized carbons (Fsp3) is 0.567. The van der Waals surface area contributed by atoms with Gasteiger partial charge in [0.25, 0.3) is 0 Å². The number of nitrogens with zero attached hydrogens (tertiary/aromatic N) is 4. The monoisotopic (exact) mass is 618 g/mol. The summed E-state index contributed by atoms with van der Waals surface area (Å²) < 4.78 is 16.7. The van der Waals surface area contributed by atoms with Crippen LogP contribution in [-0.2, 0) is 38.6 Å². The van der Waals surface area contributed by atoms with Crippen LogP contribution in [0.4, 0.5) is 5.82 Å². The summed E-state index contributed by atoms with van der Waals surface area (Å²) in [6.07, 6.45) is -1.32. The highest BCUT2D eigenvalue weighted by Crippen LogP contribution is 2.32. The van der Waals surface area contributed by atoms with Crippen LogP contribution in [0.15, 0.2) is 18.2 Å². The molecule has 0 unspecified atom stereocenters. The maximum Gasteiger partial charge on any atom is 0.336 e. The second-order valence-corrected chi connectivity index (χ2v) is 10.9. The number of anilines is 1. The number of rotatable bonds is 12. The second kappa shape index (κ2) is 15.6. The largest absolute Gasteiger partial charge is 0.493 e. The number of aromatic nitrogens is 2. The predicted octanol–water partition coefficient (Wildman–Crippen LogP) is 2.15. The molecule has 1 fully saturated rings. The smallest absolute Gasteiger partial charge is 0.336 e. The van der Waals surface area contributed by atoms with Crippen molar-refractivity contribution in [1.29, 1.82) is 0 Å². The van der Waals surface area contributed by atoms with Crippen LogP contribution in [-0.4, -0.2) is 105 Å². The lowest BCUT2D eigenvalue weighted by Gasteiger charge is -2.34.